The second-order valence-electron chi connectivity index (χ2n) is 4.70. The highest BCUT2D eigenvalue weighted by molar-refractivity contribution is 7.90. The first-order valence-electron chi connectivity index (χ1n) is 6.53. The minimum atomic E-state index is -3.83. The molecule has 6 nitrogen and oxygen atoms in total. The molecule has 0 saturated heterocycles. The van der Waals surface area contributed by atoms with Gasteiger partial charge in [-0.05, 0) is 25.1 Å². The number of amides is 1. The van der Waals surface area contributed by atoms with Crippen LogP contribution in [0.1, 0.15) is 23.7 Å². The Morgan fingerprint density at radius 2 is 2.05 bits per heavy atom. The molecule has 0 aromatic heterocycles. The van der Waals surface area contributed by atoms with Crippen LogP contribution in [0.5, 0.6) is 0 Å². The Morgan fingerprint density at radius 1 is 1.35 bits per heavy atom. The van der Waals surface area contributed by atoms with E-state index < -0.39 is 22.0 Å². The van der Waals surface area contributed by atoms with E-state index in [1.807, 2.05) is 6.92 Å². The number of carbonyl (C=O) groups excluding carboxylic acids is 1. The fourth-order valence-electron chi connectivity index (χ4n) is 2.11. The Hall–Kier alpha value is -1.44. The number of nitrogens with zero attached hydrogens (tertiary/aromatic N) is 1. The van der Waals surface area contributed by atoms with Gasteiger partial charge < -0.3 is 10.4 Å². The third kappa shape index (κ3) is 2.70. The molecule has 0 radical (unpaired) electrons. The van der Waals surface area contributed by atoms with Crippen LogP contribution in [0.2, 0.25) is 0 Å². The zero-order valence-corrected chi connectivity index (χ0v) is 12.1. The SMILES string of the molecule is CCCNCC(O)CN1C(=O)c2ccccc2S1(=O)=O. The van der Waals surface area contributed by atoms with Crippen LogP contribution in [0.4, 0.5) is 0 Å². The minimum absolute atomic E-state index is 0.0127. The molecule has 1 atom stereocenters. The summed E-state index contributed by atoms with van der Waals surface area (Å²) < 4.78 is 25.2. The number of β-amino-alcohol motifs (C(OH)–C–C–N with tert-alkyl or cyclic N) is 1. The molecular formula is C13H18N2O4S. The first-order chi connectivity index (χ1) is 9.48. The number of benzene rings is 1. The van der Waals surface area contributed by atoms with Crippen LogP contribution in [-0.4, -0.2) is 49.5 Å². The first kappa shape index (κ1) is 15.0. The molecule has 0 fully saturated rings. The van der Waals surface area contributed by atoms with Gasteiger partial charge in [0.2, 0.25) is 0 Å². The average molecular weight is 298 g/mol. The molecule has 1 unspecified atom stereocenters. The third-order valence-electron chi connectivity index (χ3n) is 3.10. The van der Waals surface area contributed by atoms with E-state index in [0.29, 0.717) is 0 Å². The van der Waals surface area contributed by atoms with Gasteiger partial charge in [0.15, 0.2) is 0 Å². The maximum atomic E-state index is 12.2. The van der Waals surface area contributed by atoms with E-state index in [0.717, 1.165) is 17.3 Å². The van der Waals surface area contributed by atoms with Crippen molar-refractivity contribution in [2.75, 3.05) is 19.6 Å². The van der Waals surface area contributed by atoms with E-state index in [2.05, 4.69) is 5.32 Å². The molecule has 1 heterocycles. The number of nitrogens with one attached hydrogen (secondary N) is 1. The normalized spacial score (nSPS) is 18.1. The number of sulfonamides is 1. The van der Waals surface area contributed by atoms with Gasteiger partial charge in [-0.3, -0.25) is 4.79 Å². The van der Waals surface area contributed by atoms with Crippen molar-refractivity contribution in [1.82, 2.24) is 9.62 Å². The summed E-state index contributed by atoms with van der Waals surface area (Å²) in [4.78, 5) is 12.1. The largest absolute Gasteiger partial charge is 0.390 e. The standard InChI is InChI=1S/C13H18N2O4S/c1-2-7-14-8-10(16)9-15-13(17)11-5-3-4-6-12(11)20(15,18)19/h3-6,10,14,16H,2,7-9H2,1H3. The van der Waals surface area contributed by atoms with Crippen LogP contribution in [-0.2, 0) is 10.0 Å². The topological polar surface area (TPSA) is 86.7 Å². The van der Waals surface area contributed by atoms with Gasteiger partial charge in [0.25, 0.3) is 15.9 Å². The Morgan fingerprint density at radius 3 is 2.70 bits per heavy atom. The molecule has 20 heavy (non-hydrogen) atoms. The molecular weight excluding hydrogens is 280 g/mol. The van der Waals surface area contributed by atoms with E-state index in [1.54, 1.807) is 12.1 Å². The van der Waals surface area contributed by atoms with Crippen LogP contribution in [0.25, 0.3) is 0 Å². The molecule has 2 rings (SSSR count). The maximum Gasteiger partial charge on any atom is 0.269 e. The molecule has 0 bridgehead atoms. The molecule has 110 valence electrons. The van der Waals surface area contributed by atoms with Gasteiger partial charge in [0.1, 0.15) is 4.90 Å². The van der Waals surface area contributed by atoms with Crippen molar-refractivity contribution < 1.29 is 18.3 Å². The van der Waals surface area contributed by atoms with Crippen molar-refractivity contribution in [1.29, 1.82) is 0 Å². The lowest BCUT2D eigenvalue weighted by atomic mass is 10.2. The molecule has 0 aliphatic carbocycles. The van der Waals surface area contributed by atoms with E-state index in [9.17, 15) is 18.3 Å². The summed E-state index contributed by atoms with van der Waals surface area (Å²) in [5.41, 5.74) is 0.168. The Balaban J connectivity index is 2.13. The van der Waals surface area contributed by atoms with Crippen LogP contribution >= 0.6 is 0 Å². The fraction of sp³-hybridized carbons (Fsp3) is 0.462. The van der Waals surface area contributed by atoms with E-state index in [1.165, 1.54) is 12.1 Å². The molecule has 2 N–H and O–H groups in total. The van der Waals surface area contributed by atoms with E-state index in [-0.39, 0.29) is 23.5 Å². The molecule has 1 aromatic rings. The quantitative estimate of drug-likeness (QED) is 0.732. The third-order valence-corrected chi connectivity index (χ3v) is 4.90. The Kier molecular flexibility index (Phi) is 4.42. The first-order valence-corrected chi connectivity index (χ1v) is 7.97. The summed E-state index contributed by atoms with van der Waals surface area (Å²) in [6.45, 7) is 2.75. The van der Waals surface area contributed by atoms with Gasteiger partial charge in [-0.15, -0.1) is 0 Å². The fourth-order valence-corrected chi connectivity index (χ4v) is 3.72. The molecule has 7 heteroatoms. The van der Waals surface area contributed by atoms with Gasteiger partial charge in [-0.1, -0.05) is 19.1 Å². The van der Waals surface area contributed by atoms with Crippen LogP contribution < -0.4 is 5.32 Å². The van der Waals surface area contributed by atoms with Crippen LogP contribution in [0.15, 0.2) is 29.2 Å². The van der Waals surface area contributed by atoms with Crippen molar-refractivity contribution in [3.05, 3.63) is 29.8 Å². The number of hydrogen-bond acceptors (Lipinski definition) is 5. The second kappa shape index (κ2) is 5.90. The molecule has 1 amide bonds. The number of aliphatic hydroxyl groups is 1. The van der Waals surface area contributed by atoms with E-state index in [4.69, 9.17) is 0 Å². The summed E-state index contributed by atoms with van der Waals surface area (Å²) in [5.74, 6) is -0.574. The lowest BCUT2D eigenvalue weighted by Gasteiger charge is -2.19. The second-order valence-corrected chi connectivity index (χ2v) is 6.53. The van der Waals surface area contributed by atoms with Gasteiger partial charge in [-0.2, -0.15) is 0 Å². The number of aliphatic hydroxyl groups excluding tert-OH is 1. The zero-order chi connectivity index (χ0) is 14.8. The Bertz CT molecular complexity index is 600. The smallest absolute Gasteiger partial charge is 0.269 e. The van der Waals surface area contributed by atoms with Crippen molar-refractivity contribution >= 4 is 15.9 Å². The predicted molar refractivity (Wildman–Crippen MR) is 73.8 cm³/mol. The van der Waals surface area contributed by atoms with Gasteiger partial charge >= 0.3 is 0 Å². The highest BCUT2D eigenvalue weighted by Gasteiger charge is 2.41. The average Bonchev–Trinajstić information content (AvgIpc) is 2.61. The van der Waals surface area contributed by atoms with Gasteiger partial charge in [0, 0.05) is 6.54 Å². The number of fused-ring (bicyclic) bond motifs is 1. The van der Waals surface area contributed by atoms with Gasteiger partial charge in [-0.25, -0.2) is 12.7 Å². The molecule has 1 aliphatic rings. The molecule has 0 spiro atoms. The monoisotopic (exact) mass is 298 g/mol. The summed E-state index contributed by atoms with van der Waals surface area (Å²) >= 11 is 0. The molecule has 1 aromatic carbocycles. The summed E-state index contributed by atoms with van der Waals surface area (Å²) in [6, 6.07) is 6.09. The van der Waals surface area contributed by atoms with Gasteiger partial charge in [0.05, 0.1) is 18.2 Å². The highest BCUT2D eigenvalue weighted by Crippen LogP contribution is 2.29. The predicted octanol–water partition coefficient (Wildman–Crippen LogP) is 0.192. The van der Waals surface area contributed by atoms with Crippen molar-refractivity contribution in [3.8, 4) is 0 Å². The summed E-state index contributed by atoms with van der Waals surface area (Å²) in [5, 5.41) is 12.8. The number of carbonyl (C=O) groups is 1. The highest BCUT2D eigenvalue weighted by atomic mass is 32.2. The van der Waals surface area contributed by atoms with Crippen molar-refractivity contribution in [2.45, 2.75) is 24.3 Å². The zero-order valence-electron chi connectivity index (χ0n) is 11.2. The van der Waals surface area contributed by atoms with Crippen LogP contribution in [0.3, 0.4) is 0 Å². The molecule has 0 saturated carbocycles. The molecule has 1 aliphatic heterocycles. The summed E-state index contributed by atoms with van der Waals surface area (Å²) in [7, 11) is -3.83. The van der Waals surface area contributed by atoms with E-state index >= 15 is 0 Å². The Labute approximate surface area is 118 Å². The lowest BCUT2D eigenvalue weighted by molar-refractivity contribution is 0.0792. The number of rotatable bonds is 6. The lowest BCUT2D eigenvalue weighted by Crippen LogP contribution is -2.41. The maximum absolute atomic E-state index is 12.2. The van der Waals surface area contributed by atoms with Crippen molar-refractivity contribution in [3.63, 3.8) is 0 Å². The van der Waals surface area contributed by atoms with Crippen molar-refractivity contribution in [2.24, 2.45) is 0 Å². The minimum Gasteiger partial charge on any atom is -0.390 e. The number of hydrogen-bond donors (Lipinski definition) is 2. The van der Waals surface area contributed by atoms with Crippen LogP contribution in [0, 0.1) is 0 Å². The summed E-state index contributed by atoms with van der Waals surface area (Å²) in [6.07, 6.45) is -0.00590.